The SMILES string of the molecule is CNC(=O)c1cc(C[C@@H]2CCCNC2)nc(C)n1. The molecule has 5 heteroatoms. The van der Waals surface area contributed by atoms with E-state index >= 15 is 0 Å². The number of nitrogens with one attached hydrogen (secondary N) is 2. The van der Waals surface area contributed by atoms with E-state index in [0.29, 0.717) is 17.4 Å². The Bertz CT molecular complexity index is 427. The van der Waals surface area contributed by atoms with Crippen molar-refractivity contribution in [1.29, 1.82) is 0 Å². The smallest absolute Gasteiger partial charge is 0.269 e. The first-order valence-electron chi connectivity index (χ1n) is 6.46. The van der Waals surface area contributed by atoms with Crippen molar-refractivity contribution in [3.8, 4) is 0 Å². The molecule has 1 fully saturated rings. The molecule has 1 atom stereocenters. The van der Waals surface area contributed by atoms with Crippen LogP contribution < -0.4 is 10.6 Å². The van der Waals surface area contributed by atoms with Crippen molar-refractivity contribution in [2.24, 2.45) is 5.92 Å². The van der Waals surface area contributed by atoms with Gasteiger partial charge in [0.15, 0.2) is 0 Å². The highest BCUT2D eigenvalue weighted by Gasteiger charge is 2.16. The van der Waals surface area contributed by atoms with Gasteiger partial charge in [-0.1, -0.05) is 0 Å². The summed E-state index contributed by atoms with van der Waals surface area (Å²) in [6, 6.07) is 1.81. The molecule has 0 saturated carbocycles. The minimum Gasteiger partial charge on any atom is -0.354 e. The molecule has 0 aromatic carbocycles. The second kappa shape index (κ2) is 5.91. The summed E-state index contributed by atoms with van der Waals surface area (Å²) in [6.45, 7) is 3.98. The maximum atomic E-state index is 11.6. The van der Waals surface area contributed by atoms with E-state index in [1.807, 2.05) is 6.92 Å². The van der Waals surface area contributed by atoms with Crippen LogP contribution in [0.25, 0.3) is 0 Å². The van der Waals surface area contributed by atoms with Gasteiger partial charge in [-0.3, -0.25) is 4.79 Å². The lowest BCUT2D eigenvalue weighted by molar-refractivity contribution is 0.0957. The van der Waals surface area contributed by atoms with E-state index in [4.69, 9.17) is 0 Å². The van der Waals surface area contributed by atoms with Crippen molar-refractivity contribution in [3.63, 3.8) is 0 Å². The molecule has 1 amide bonds. The number of hydrogen-bond acceptors (Lipinski definition) is 4. The maximum absolute atomic E-state index is 11.6. The van der Waals surface area contributed by atoms with Gasteiger partial charge in [-0.15, -0.1) is 0 Å². The second-order valence-corrected chi connectivity index (χ2v) is 4.79. The maximum Gasteiger partial charge on any atom is 0.269 e. The van der Waals surface area contributed by atoms with E-state index in [1.54, 1.807) is 13.1 Å². The van der Waals surface area contributed by atoms with Crippen molar-refractivity contribution in [3.05, 3.63) is 23.3 Å². The van der Waals surface area contributed by atoms with Gasteiger partial charge in [0.1, 0.15) is 11.5 Å². The van der Waals surface area contributed by atoms with E-state index in [9.17, 15) is 4.79 Å². The molecule has 1 aliphatic heterocycles. The first-order chi connectivity index (χ1) is 8.69. The van der Waals surface area contributed by atoms with Crippen LogP contribution in [-0.4, -0.2) is 36.0 Å². The summed E-state index contributed by atoms with van der Waals surface area (Å²) in [5.74, 6) is 1.13. The minimum atomic E-state index is -0.150. The summed E-state index contributed by atoms with van der Waals surface area (Å²) in [6.07, 6.45) is 3.36. The molecular formula is C13H20N4O. The summed E-state index contributed by atoms with van der Waals surface area (Å²) in [7, 11) is 1.62. The van der Waals surface area contributed by atoms with Crippen LogP contribution in [0.2, 0.25) is 0 Å². The van der Waals surface area contributed by atoms with Gasteiger partial charge in [0, 0.05) is 12.7 Å². The summed E-state index contributed by atoms with van der Waals surface area (Å²) in [5, 5.41) is 5.99. The zero-order valence-electron chi connectivity index (χ0n) is 11.0. The van der Waals surface area contributed by atoms with E-state index in [0.717, 1.165) is 25.2 Å². The van der Waals surface area contributed by atoms with Crippen molar-refractivity contribution >= 4 is 5.91 Å². The number of rotatable bonds is 3. The third-order valence-electron chi connectivity index (χ3n) is 3.25. The van der Waals surface area contributed by atoms with Crippen LogP contribution in [0.1, 0.15) is 34.8 Å². The Labute approximate surface area is 107 Å². The largest absolute Gasteiger partial charge is 0.354 e. The quantitative estimate of drug-likeness (QED) is 0.826. The molecule has 2 rings (SSSR count). The molecule has 0 unspecified atom stereocenters. The topological polar surface area (TPSA) is 66.9 Å². The summed E-state index contributed by atoms with van der Waals surface area (Å²) in [4.78, 5) is 20.2. The number of carbonyl (C=O) groups excluding carboxylic acids is 1. The molecule has 98 valence electrons. The third-order valence-corrected chi connectivity index (χ3v) is 3.25. The van der Waals surface area contributed by atoms with Crippen molar-refractivity contribution in [2.45, 2.75) is 26.2 Å². The van der Waals surface area contributed by atoms with Gasteiger partial charge in [0.25, 0.3) is 5.91 Å². The van der Waals surface area contributed by atoms with Gasteiger partial charge in [0.2, 0.25) is 0 Å². The Hall–Kier alpha value is -1.49. The Morgan fingerprint density at radius 1 is 1.56 bits per heavy atom. The second-order valence-electron chi connectivity index (χ2n) is 4.79. The number of aryl methyl sites for hydroxylation is 1. The summed E-state index contributed by atoms with van der Waals surface area (Å²) in [5.41, 5.74) is 1.43. The molecule has 0 radical (unpaired) electrons. The lowest BCUT2D eigenvalue weighted by Gasteiger charge is -2.22. The highest BCUT2D eigenvalue weighted by molar-refractivity contribution is 5.92. The van der Waals surface area contributed by atoms with Crippen molar-refractivity contribution < 1.29 is 4.79 Å². The van der Waals surface area contributed by atoms with Gasteiger partial charge in [-0.25, -0.2) is 9.97 Å². The van der Waals surface area contributed by atoms with Crippen LogP contribution in [0.15, 0.2) is 6.07 Å². The average Bonchev–Trinajstić information content (AvgIpc) is 2.38. The fourth-order valence-electron chi connectivity index (χ4n) is 2.37. The van der Waals surface area contributed by atoms with Crippen molar-refractivity contribution in [2.75, 3.05) is 20.1 Å². The van der Waals surface area contributed by atoms with Gasteiger partial charge in [0.05, 0.1) is 0 Å². The highest BCUT2D eigenvalue weighted by atomic mass is 16.1. The lowest BCUT2D eigenvalue weighted by atomic mass is 9.94. The lowest BCUT2D eigenvalue weighted by Crippen LogP contribution is -2.31. The van der Waals surface area contributed by atoms with Crippen LogP contribution in [0.5, 0.6) is 0 Å². The number of amides is 1. The first kappa shape index (κ1) is 13.0. The molecule has 2 heterocycles. The fourth-order valence-corrected chi connectivity index (χ4v) is 2.37. The van der Waals surface area contributed by atoms with Crippen LogP contribution >= 0.6 is 0 Å². The standard InChI is InChI=1S/C13H20N4O/c1-9-16-11(6-10-4-3-5-15-8-10)7-12(17-9)13(18)14-2/h7,10,15H,3-6,8H2,1-2H3,(H,14,18)/t10-/m0/s1. The zero-order valence-corrected chi connectivity index (χ0v) is 11.0. The van der Waals surface area contributed by atoms with Gasteiger partial charge in [-0.2, -0.15) is 0 Å². The van der Waals surface area contributed by atoms with E-state index in [1.165, 1.54) is 12.8 Å². The first-order valence-corrected chi connectivity index (χ1v) is 6.46. The Kier molecular flexibility index (Phi) is 4.25. The van der Waals surface area contributed by atoms with Crippen LogP contribution in [0.3, 0.4) is 0 Å². The normalized spacial score (nSPS) is 19.6. The molecule has 5 nitrogen and oxygen atoms in total. The van der Waals surface area contributed by atoms with Crippen molar-refractivity contribution in [1.82, 2.24) is 20.6 Å². The van der Waals surface area contributed by atoms with Gasteiger partial charge < -0.3 is 10.6 Å². The average molecular weight is 248 g/mol. The van der Waals surface area contributed by atoms with Gasteiger partial charge in [-0.05, 0) is 51.3 Å². The monoisotopic (exact) mass is 248 g/mol. The third kappa shape index (κ3) is 3.26. The molecular weight excluding hydrogens is 228 g/mol. The minimum absolute atomic E-state index is 0.150. The van der Waals surface area contributed by atoms with Crippen LogP contribution in [-0.2, 0) is 6.42 Å². The zero-order chi connectivity index (χ0) is 13.0. The fraction of sp³-hybridized carbons (Fsp3) is 0.615. The number of carbonyl (C=O) groups is 1. The van der Waals surface area contributed by atoms with Crippen LogP contribution in [0, 0.1) is 12.8 Å². The number of hydrogen-bond donors (Lipinski definition) is 2. The molecule has 0 spiro atoms. The number of piperidine rings is 1. The Morgan fingerprint density at radius 2 is 2.39 bits per heavy atom. The molecule has 1 aliphatic rings. The molecule has 0 aliphatic carbocycles. The molecule has 1 saturated heterocycles. The van der Waals surface area contributed by atoms with Crippen LogP contribution in [0.4, 0.5) is 0 Å². The highest BCUT2D eigenvalue weighted by Crippen LogP contribution is 2.15. The Balaban J connectivity index is 2.11. The van der Waals surface area contributed by atoms with E-state index in [-0.39, 0.29) is 5.91 Å². The molecule has 18 heavy (non-hydrogen) atoms. The van der Waals surface area contributed by atoms with E-state index < -0.39 is 0 Å². The summed E-state index contributed by atoms with van der Waals surface area (Å²) >= 11 is 0. The summed E-state index contributed by atoms with van der Waals surface area (Å²) < 4.78 is 0. The predicted molar refractivity (Wildman–Crippen MR) is 69.5 cm³/mol. The predicted octanol–water partition coefficient (Wildman–Crippen LogP) is 0.687. The number of aromatic nitrogens is 2. The van der Waals surface area contributed by atoms with Gasteiger partial charge >= 0.3 is 0 Å². The number of nitrogens with zero attached hydrogens (tertiary/aromatic N) is 2. The molecule has 1 aromatic heterocycles. The molecule has 1 aromatic rings. The van der Waals surface area contributed by atoms with E-state index in [2.05, 4.69) is 20.6 Å². The molecule has 2 N–H and O–H groups in total. The Morgan fingerprint density at radius 3 is 3.06 bits per heavy atom. The molecule has 0 bridgehead atoms.